The SMILES string of the molecule is CCOc1cc(-c2ccc(CCNC[C@H](O)c3ccc(N)nc3)cc2)ccc1C(=O)NS(C)(=O)=O. The number of aromatic nitrogens is 1. The summed E-state index contributed by atoms with van der Waals surface area (Å²) in [5, 5.41) is 13.5. The van der Waals surface area contributed by atoms with Crippen LogP contribution in [0.2, 0.25) is 0 Å². The molecular weight excluding hydrogens is 468 g/mol. The van der Waals surface area contributed by atoms with Gasteiger partial charge in [-0.25, -0.2) is 18.1 Å². The van der Waals surface area contributed by atoms with E-state index in [0.717, 1.165) is 29.4 Å². The first-order valence-electron chi connectivity index (χ1n) is 11.1. The summed E-state index contributed by atoms with van der Waals surface area (Å²) in [5.41, 5.74) is 9.33. The fraction of sp³-hybridized carbons (Fsp3) is 0.280. The van der Waals surface area contributed by atoms with Gasteiger partial charge in [-0.05, 0) is 54.8 Å². The van der Waals surface area contributed by atoms with Crippen LogP contribution in [-0.4, -0.2) is 50.4 Å². The highest BCUT2D eigenvalue weighted by Crippen LogP contribution is 2.28. The first kappa shape index (κ1) is 26.1. The summed E-state index contributed by atoms with van der Waals surface area (Å²) in [6.45, 7) is 3.22. The van der Waals surface area contributed by atoms with Crippen LogP contribution in [0.3, 0.4) is 0 Å². The molecular formula is C25H30N4O5S. The van der Waals surface area contributed by atoms with Gasteiger partial charge >= 0.3 is 0 Å². The maximum atomic E-state index is 12.3. The number of anilines is 1. The molecule has 9 nitrogen and oxygen atoms in total. The minimum absolute atomic E-state index is 0.153. The Labute approximate surface area is 205 Å². The third kappa shape index (κ3) is 7.78. The van der Waals surface area contributed by atoms with Crippen LogP contribution >= 0.6 is 0 Å². The van der Waals surface area contributed by atoms with E-state index >= 15 is 0 Å². The second kappa shape index (κ2) is 11.8. The lowest BCUT2D eigenvalue weighted by Gasteiger charge is -2.13. The van der Waals surface area contributed by atoms with E-state index in [1.165, 1.54) is 0 Å². The van der Waals surface area contributed by atoms with Crippen molar-refractivity contribution in [1.82, 2.24) is 15.0 Å². The van der Waals surface area contributed by atoms with E-state index < -0.39 is 22.0 Å². The predicted octanol–water partition coefficient (Wildman–Crippen LogP) is 2.28. The Morgan fingerprint density at radius 3 is 2.46 bits per heavy atom. The van der Waals surface area contributed by atoms with Gasteiger partial charge in [-0.1, -0.05) is 36.4 Å². The normalized spacial score (nSPS) is 12.2. The zero-order valence-corrected chi connectivity index (χ0v) is 20.5. The number of carbonyl (C=O) groups is 1. The minimum atomic E-state index is -3.68. The van der Waals surface area contributed by atoms with Crippen LogP contribution in [0.25, 0.3) is 11.1 Å². The van der Waals surface area contributed by atoms with Crippen molar-refractivity contribution in [1.29, 1.82) is 0 Å². The second-order valence-electron chi connectivity index (χ2n) is 8.03. The van der Waals surface area contributed by atoms with Crippen molar-refractivity contribution in [3.05, 3.63) is 77.5 Å². The zero-order chi connectivity index (χ0) is 25.4. The summed E-state index contributed by atoms with van der Waals surface area (Å²) < 4.78 is 30.4. The quantitative estimate of drug-likeness (QED) is 0.295. The van der Waals surface area contributed by atoms with Crippen LogP contribution in [0.15, 0.2) is 60.8 Å². The van der Waals surface area contributed by atoms with E-state index in [0.29, 0.717) is 36.8 Å². The van der Waals surface area contributed by atoms with E-state index in [9.17, 15) is 18.3 Å². The second-order valence-corrected chi connectivity index (χ2v) is 9.78. The summed E-state index contributed by atoms with van der Waals surface area (Å²) >= 11 is 0. The highest BCUT2D eigenvalue weighted by Gasteiger charge is 2.17. The van der Waals surface area contributed by atoms with Gasteiger partial charge < -0.3 is 20.9 Å². The number of rotatable bonds is 11. The van der Waals surface area contributed by atoms with Crippen molar-refractivity contribution in [3.8, 4) is 16.9 Å². The van der Waals surface area contributed by atoms with Crippen molar-refractivity contribution in [3.63, 3.8) is 0 Å². The number of nitrogens with one attached hydrogen (secondary N) is 2. The average Bonchev–Trinajstić information content (AvgIpc) is 2.81. The molecule has 2 aromatic carbocycles. The van der Waals surface area contributed by atoms with Gasteiger partial charge in [0, 0.05) is 18.3 Å². The molecule has 0 aliphatic heterocycles. The number of sulfonamides is 1. The molecule has 0 saturated carbocycles. The summed E-state index contributed by atoms with van der Waals surface area (Å²) in [4.78, 5) is 16.3. The van der Waals surface area contributed by atoms with Gasteiger partial charge in [0.15, 0.2) is 0 Å². The molecule has 0 bridgehead atoms. The lowest BCUT2D eigenvalue weighted by molar-refractivity contribution is 0.0978. The molecule has 0 aliphatic rings. The molecule has 0 aliphatic carbocycles. The average molecular weight is 499 g/mol. The molecule has 0 unspecified atom stereocenters. The number of nitrogen functional groups attached to an aromatic ring is 1. The molecule has 1 aromatic heterocycles. The Morgan fingerprint density at radius 2 is 1.83 bits per heavy atom. The summed E-state index contributed by atoms with van der Waals surface area (Å²) in [5.74, 6) is -0.00253. The summed E-state index contributed by atoms with van der Waals surface area (Å²) in [6.07, 6.45) is 2.62. The molecule has 1 heterocycles. The monoisotopic (exact) mass is 498 g/mol. The first-order chi connectivity index (χ1) is 16.7. The van der Waals surface area contributed by atoms with Crippen LogP contribution < -0.4 is 20.5 Å². The number of carbonyl (C=O) groups excluding carboxylic acids is 1. The van der Waals surface area contributed by atoms with Gasteiger partial charge in [0.25, 0.3) is 5.91 Å². The van der Waals surface area contributed by atoms with Crippen LogP contribution in [0, 0.1) is 0 Å². The molecule has 35 heavy (non-hydrogen) atoms. The van der Waals surface area contributed by atoms with Crippen molar-refractivity contribution in [2.24, 2.45) is 0 Å². The number of amides is 1. The number of aliphatic hydroxyl groups excluding tert-OH is 1. The van der Waals surface area contributed by atoms with E-state index in [1.54, 1.807) is 43.5 Å². The van der Waals surface area contributed by atoms with Crippen LogP contribution in [0.4, 0.5) is 5.82 Å². The van der Waals surface area contributed by atoms with E-state index in [4.69, 9.17) is 10.5 Å². The molecule has 3 rings (SSSR count). The van der Waals surface area contributed by atoms with Crippen LogP contribution in [0.1, 0.15) is 34.5 Å². The standard InChI is InChI=1S/C25H30N4O5S/c1-3-34-23-14-19(8-10-21(23)25(31)29-35(2,32)33)18-6-4-17(5-7-18)12-13-27-16-22(30)20-9-11-24(26)28-15-20/h4-11,14-15,22,27,30H,3,12-13,16H2,1-2H3,(H2,26,28)(H,29,31)/t22-/m0/s1. The topological polar surface area (TPSA) is 144 Å². The van der Waals surface area contributed by atoms with Crippen molar-refractivity contribution < 1.29 is 23.1 Å². The Kier molecular flexibility index (Phi) is 8.80. The molecule has 0 spiro atoms. The summed E-state index contributed by atoms with van der Waals surface area (Å²) in [6, 6.07) is 16.4. The van der Waals surface area contributed by atoms with E-state index in [1.807, 2.05) is 29.0 Å². The van der Waals surface area contributed by atoms with Crippen LogP contribution in [-0.2, 0) is 16.4 Å². The molecule has 3 aromatic rings. The Balaban J connectivity index is 1.59. The predicted molar refractivity (Wildman–Crippen MR) is 136 cm³/mol. The lowest BCUT2D eigenvalue weighted by atomic mass is 10.0. The number of nitrogens with two attached hydrogens (primary N) is 1. The van der Waals surface area contributed by atoms with Gasteiger partial charge in [0.05, 0.1) is 24.5 Å². The molecule has 0 fully saturated rings. The minimum Gasteiger partial charge on any atom is -0.493 e. The van der Waals surface area contributed by atoms with Crippen LogP contribution in [0.5, 0.6) is 5.75 Å². The number of pyridine rings is 1. The van der Waals surface area contributed by atoms with Crippen molar-refractivity contribution in [2.45, 2.75) is 19.4 Å². The van der Waals surface area contributed by atoms with Gasteiger partial charge in [-0.15, -0.1) is 0 Å². The highest BCUT2D eigenvalue weighted by atomic mass is 32.2. The zero-order valence-electron chi connectivity index (χ0n) is 19.7. The van der Waals surface area contributed by atoms with E-state index in [-0.39, 0.29) is 5.56 Å². The molecule has 10 heteroatoms. The Hall–Kier alpha value is -3.47. The fourth-order valence-electron chi connectivity index (χ4n) is 3.45. The van der Waals surface area contributed by atoms with Gasteiger partial charge in [-0.2, -0.15) is 0 Å². The highest BCUT2D eigenvalue weighted by molar-refractivity contribution is 7.89. The van der Waals surface area contributed by atoms with Gasteiger partial charge in [0.1, 0.15) is 11.6 Å². The van der Waals surface area contributed by atoms with Gasteiger partial charge in [-0.3, -0.25) is 4.79 Å². The number of ether oxygens (including phenoxy) is 1. The van der Waals surface area contributed by atoms with E-state index in [2.05, 4.69) is 10.3 Å². The molecule has 0 saturated heterocycles. The summed E-state index contributed by atoms with van der Waals surface area (Å²) in [7, 11) is -3.68. The maximum absolute atomic E-state index is 12.3. The number of nitrogens with zero attached hydrogens (tertiary/aromatic N) is 1. The third-order valence-corrected chi connectivity index (χ3v) is 5.77. The Bertz CT molecular complexity index is 1250. The maximum Gasteiger partial charge on any atom is 0.268 e. The lowest BCUT2D eigenvalue weighted by Crippen LogP contribution is -2.29. The number of aliphatic hydroxyl groups is 1. The molecule has 0 radical (unpaired) electrons. The third-order valence-electron chi connectivity index (χ3n) is 5.21. The number of hydrogen-bond acceptors (Lipinski definition) is 8. The van der Waals surface area contributed by atoms with Crippen molar-refractivity contribution in [2.75, 3.05) is 31.7 Å². The Morgan fingerprint density at radius 1 is 1.11 bits per heavy atom. The van der Waals surface area contributed by atoms with Gasteiger partial charge in [0.2, 0.25) is 10.0 Å². The largest absolute Gasteiger partial charge is 0.493 e. The molecule has 1 amide bonds. The number of benzene rings is 2. The molecule has 186 valence electrons. The first-order valence-corrected chi connectivity index (χ1v) is 13.0. The molecule has 5 N–H and O–H groups in total. The van der Waals surface area contributed by atoms with Crippen molar-refractivity contribution >= 4 is 21.7 Å². The smallest absolute Gasteiger partial charge is 0.268 e. The fourth-order valence-corrected chi connectivity index (χ4v) is 3.90. The molecule has 1 atom stereocenters. The number of hydrogen-bond donors (Lipinski definition) is 4.